The summed E-state index contributed by atoms with van der Waals surface area (Å²) in [6.07, 6.45) is 5.59. The Morgan fingerprint density at radius 3 is 2.48 bits per heavy atom. The van der Waals surface area contributed by atoms with Gasteiger partial charge in [-0.25, -0.2) is 10.4 Å². The average Bonchev–Trinajstić information content (AvgIpc) is 3.35. The van der Waals surface area contributed by atoms with Crippen molar-refractivity contribution in [1.82, 2.24) is 15.0 Å². The Kier molecular flexibility index (Phi) is 8.41. The number of aryl methyl sites for hydroxylation is 3. The molecule has 1 aliphatic carbocycles. The van der Waals surface area contributed by atoms with E-state index in [-0.39, 0.29) is 17.2 Å². The predicted molar refractivity (Wildman–Crippen MR) is 159 cm³/mol. The molecule has 2 aromatic carbocycles. The maximum atomic E-state index is 13.9. The van der Waals surface area contributed by atoms with Gasteiger partial charge in [0.25, 0.3) is 11.5 Å². The van der Waals surface area contributed by atoms with Crippen molar-refractivity contribution in [3.8, 4) is 22.9 Å². The van der Waals surface area contributed by atoms with Crippen molar-refractivity contribution in [1.29, 1.82) is 0 Å². The molecule has 9 nitrogen and oxygen atoms in total. The van der Waals surface area contributed by atoms with Crippen molar-refractivity contribution in [2.24, 2.45) is 5.10 Å². The number of carbonyl (C=O) groups is 1. The van der Waals surface area contributed by atoms with Crippen LogP contribution in [0.5, 0.6) is 17.2 Å². The van der Waals surface area contributed by atoms with Crippen molar-refractivity contribution in [2.75, 3.05) is 27.1 Å². The Hall–Kier alpha value is -3.83. The van der Waals surface area contributed by atoms with Crippen molar-refractivity contribution in [2.45, 2.75) is 37.8 Å². The number of benzene rings is 2. The third-order valence-corrected chi connectivity index (χ3v) is 8.80. The number of thioether (sulfide) groups is 1. The number of rotatable bonds is 9. The molecule has 11 heteroatoms. The molecule has 2 heterocycles. The maximum Gasteiger partial charge on any atom is 0.267 e. The topological polar surface area (TPSA) is 104 Å². The van der Waals surface area contributed by atoms with E-state index < -0.39 is 0 Å². The highest BCUT2D eigenvalue weighted by Gasteiger charge is 2.23. The van der Waals surface area contributed by atoms with Gasteiger partial charge in [0.05, 0.1) is 44.4 Å². The molecule has 2 aromatic heterocycles. The fourth-order valence-corrected chi connectivity index (χ4v) is 6.83. The molecule has 4 aromatic rings. The lowest BCUT2D eigenvalue weighted by atomic mass is 9.97. The third-order valence-electron chi connectivity index (χ3n) is 6.67. The maximum absolute atomic E-state index is 13.9. The minimum atomic E-state index is -0.330. The summed E-state index contributed by atoms with van der Waals surface area (Å²) < 4.78 is 17.7. The lowest BCUT2D eigenvalue weighted by molar-refractivity contribution is -0.118. The summed E-state index contributed by atoms with van der Waals surface area (Å²) in [5, 5.41) is 5.27. The molecule has 40 heavy (non-hydrogen) atoms. The molecule has 5 rings (SSSR count). The number of nitrogens with zero attached hydrogens (tertiary/aromatic N) is 3. The van der Waals surface area contributed by atoms with Gasteiger partial charge in [-0.15, -0.1) is 11.3 Å². The normalized spacial score (nSPS) is 12.9. The van der Waals surface area contributed by atoms with Crippen LogP contribution in [-0.2, 0) is 17.6 Å². The Morgan fingerprint density at radius 2 is 1.80 bits per heavy atom. The molecule has 1 N–H and O–H groups in total. The zero-order chi connectivity index (χ0) is 28.2. The first-order valence-corrected chi connectivity index (χ1v) is 14.6. The van der Waals surface area contributed by atoms with Crippen molar-refractivity contribution in [3.63, 3.8) is 0 Å². The van der Waals surface area contributed by atoms with E-state index in [1.54, 1.807) is 28.0 Å². The summed E-state index contributed by atoms with van der Waals surface area (Å²) in [5.41, 5.74) is 6.08. The van der Waals surface area contributed by atoms with Gasteiger partial charge in [-0.2, -0.15) is 5.10 Å². The fraction of sp³-hybridized carbons (Fsp3) is 0.310. The van der Waals surface area contributed by atoms with Crippen LogP contribution in [0.2, 0.25) is 0 Å². The van der Waals surface area contributed by atoms with E-state index in [0.717, 1.165) is 47.3 Å². The van der Waals surface area contributed by atoms with Gasteiger partial charge in [-0.05, 0) is 62.4 Å². The lowest BCUT2D eigenvalue weighted by Crippen LogP contribution is -2.24. The molecular weight excluding hydrogens is 548 g/mol. The van der Waals surface area contributed by atoms with Crippen LogP contribution in [0, 0.1) is 6.92 Å². The molecule has 0 bridgehead atoms. The van der Waals surface area contributed by atoms with E-state index in [1.807, 2.05) is 31.2 Å². The smallest absolute Gasteiger partial charge is 0.267 e. The number of amides is 1. The van der Waals surface area contributed by atoms with Gasteiger partial charge in [0, 0.05) is 10.4 Å². The summed E-state index contributed by atoms with van der Waals surface area (Å²) in [4.78, 5) is 33.5. The number of carbonyl (C=O) groups excluding carboxylic acids is 1. The summed E-state index contributed by atoms with van der Waals surface area (Å²) in [7, 11) is 4.60. The Bertz CT molecular complexity index is 1620. The number of aromatic nitrogens is 2. The average molecular weight is 579 g/mol. The zero-order valence-corrected chi connectivity index (χ0v) is 24.4. The largest absolute Gasteiger partial charge is 0.493 e. The monoisotopic (exact) mass is 578 g/mol. The molecular formula is C29H30N4O5S2. The first kappa shape index (κ1) is 27.7. The van der Waals surface area contributed by atoms with Gasteiger partial charge in [-0.1, -0.05) is 29.5 Å². The van der Waals surface area contributed by atoms with Crippen LogP contribution in [0.1, 0.15) is 34.4 Å². The number of thiophene rings is 1. The van der Waals surface area contributed by atoms with Gasteiger partial charge in [0.2, 0.25) is 5.75 Å². The molecule has 0 spiro atoms. The van der Waals surface area contributed by atoms with Crippen molar-refractivity contribution >= 4 is 45.4 Å². The van der Waals surface area contributed by atoms with E-state index in [9.17, 15) is 9.59 Å². The quantitative estimate of drug-likeness (QED) is 0.130. The van der Waals surface area contributed by atoms with E-state index >= 15 is 0 Å². The van der Waals surface area contributed by atoms with Gasteiger partial charge in [0.1, 0.15) is 4.83 Å². The van der Waals surface area contributed by atoms with Gasteiger partial charge in [0.15, 0.2) is 16.7 Å². The van der Waals surface area contributed by atoms with E-state index in [2.05, 4.69) is 10.5 Å². The van der Waals surface area contributed by atoms with Crippen molar-refractivity contribution in [3.05, 3.63) is 68.3 Å². The molecule has 0 unspecified atom stereocenters. The Balaban J connectivity index is 1.38. The molecule has 0 fully saturated rings. The third kappa shape index (κ3) is 5.57. The summed E-state index contributed by atoms with van der Waals surface area (Å²) >= 11 is 2.81. The molecule has 0 aliphatic heterocycles. The minimum Gasteiger partial charge on any atom is -0.493 e. The fourth-order valence-electron chi connectivity index (χ4n) is 4.72. The molecule has 0 saturated heterocycles. The predicted octanol–water partition coefficient (Wildman–Crippen LogP) is 4.90. The second-order valence-corrected chi connectivity index (χ2v) is 11.3. The molecule has 1 aliphatic rings. The van der Waals surface area contributed by atoms with Crippen LogP contribution in [-0.4, -0.2) is 48.8 Å². The van der Waals surface area contributed by atoms with Crippen molar-refractivity contribution < 1.29 is 19.0 Å². The van der Waals surface area contributed by atoms with Crippen LogP contribution in [0.15, 0.2) is 51.5 Å². The first-order valence-electron chi connectivity index (χ1n) is 12.8. The second kappa shape index (κ2) is 12.1. The number of hydrogen-bond donors (Lipinski definition) is 1. The minimum absolute atomic E-state index is 0.0293. The van der Waals surface area contributed by atoms with Crippen LogP contribution >= 0.6 is 23.1 Å². The number of hydrazone groups is 1. The van der Waals surface area contributed by atoms with Crippen LogP contribution < -0.4 is 25.2 Å². The standard InChI is InChI=1S/C29H30N4O5S2/c1-17-9-11-19(12-10-17)33-28(35)25-20-7-5-6-8-23(20)40-27(25)31-29(33)39-16-24(34)32-30-15-18-13-21(36-2)26(38-4)22(14-18)37-3/h9-15H,5-8,16H2,1-4H3,(H,32,34)/b30-15+. The highest BCUT2D eigenvalue weighted by molar-refractivity contribution is 7.99. The Morgan fingerprint density at radius 1 is 1.10 bits per heavy atom. The molecule has 208 valence electrons. The highest BCUT2D eigenvalue weighted by Crippen LogP contribution is 2.38. The lowest BCUT2D eigenvalue weighted by Gasteiger charge is -2.13. The number of hydrogen-bond acceptors (Lipinski definition) is 9. The van der Waals surface area contributed by atoms with Gasteiger partial charge < -0.3 is 14.2 Å². The van der Waals surface area contributed by atoms with E-state index in [1.165, 1.54) is 44.2 Å². The summed E-state index contributed by atoms with van der Waals surface area (Å²) in [5.74, 6) is 1.14. The summed E-state index contributed by atoms with van der Waals surface area (Å²) in [6, 6.07) is 11.2. The number of fused-ring (bicyclic) bond motifs is 3. The molecule has 1 amide bonds. The van der Waals surface area contributed by atoms with Crippen LogP contribution in [0.4, 0.5) is 0 Å². The molecule has 0 atom stereocenters. The molecule has 0 radical (unpaired) electrons. The second-order valence-electron chi connectivity index (χ2n) is 9.30. The number of nitrogens with one attached hydrogen (secondary N) is 1. The van der Waals surface area contributed by atoms with Gasteiger partial charge >= 0.3 is 0 Å². The summed E-state index contributed by atoms with van der Waals surface area (Å²) in [6.45, 7) is 2.00. The zero-order valence-electron chi connectivity index (χ0n) is 22.8. The van der Waals surface area contributed by atoms with Crippen LogP contribution in [0.25, 0.3) is 15.9 Å². The van der Waals surface area contributed by atoms with Crippen LogP contribution in [0.3, 0.4) is 0 Å². The van der Waals surface area contributed by atoms with Gasteiger partial charge in [-0.3, -0.25) is 14.2 Å². The van der Waals surface area contributed by atoms with E-state index in [0.29, 0.717) is 33.4 Å². The number of ether oxygens (including phenoxy) is 3. The SMILES string of the molecule is COc1cc(/C=N/NC(=O)CSc2nc3sc4c(c3c(=O)n2-c2ccc(C)cc2)CCCC4)cc(OC)c1OC. The Labute approximate surface area is 240 Å². The highest BCUT2D eigenvalue weighted by atomic mass is 32.2. The first-order chi connectivity index (χ1) is 19.4. The molecule has 0 saturated carbocycles. The van der Waals surface area contributed by atoms with E-state index in [4.69, 9.17) is 19.2 Å². The number of methoxy groups -OCH3 is 3.